The smallest absolute Gasteiger partial charge is 0.227 e. The molecule has 0 radical (unpaired) electrons. The van der Waals surface area contributed by atoms with Crippen LogP contribution in [0.4, 0.5) is 5.69 Å². The van der Waals surface area contributed by atoms with Gasteiger partial charge in [0, 0.05) is 11.6 Å². The van der Waals surface area contributed by atoms with Crippen molar-refractivity contribution < 1.29 is 4.79 Å². The van der Waals surface area contributed by atoms with Crippen molar-refractivity contribution in [3.8, 4) is 0 Å². The van der Waals surface area contributed by atoms with E-state index >= 15 is 0 Å². The lowest BCUT2D eigenvalue weighted by Gasteiger charge is -2.23. The SMILES string of the molecule is Cc1nc2cc(NC(=O)C3CCC3)ccc2s1. The van der Waals surface area contributed by atoms with E-state index in [0.29, 0.717) is 0 Å². The Kier molecular flexibility index (Phi) is 2.59. The highest BCUT2D eigenvalue weighted by Crippen LogP contribution is 2.29. The van der Waals surface area contributed by atoms with E-state index in [1.165, 1.54) is 11.1 Å². The summed E-state index contributed by atoms with van der Waals surface area (Å²) in [4.78, 5) is 16.2. The third kappa shape index (κ3) is 2.05. The highest BCUT2D eigenvalue weighted by atomic mass is 32.1. The van der Waals surface area contributed by atoms with Crippen LogP contribution in [0.15, 0.2) is 18.2 Å². The van der Waals surface area contributed by atoms with Gasteiger partial charge in [-0.2, -0.15) is 0 Å². The molecule has 1 aliphatic rings. The summed E-state index contributed by atoms with van der Waals surface area (Å²) < 4.78 is 1.17. The van der Waals surface area contributed by atoms with Crippen LogP contribution < -0.4 is 5.32 Å². The molecule has 0 atom stereocenters. The summed E-state index contributed by atoms with van der Waals surface area (Å²) in [6, 6.07) is 5.93. The Bertz CT molecular complexity index is 572. The molecule has 1 aromatic carbocycles. The predicted octanol–water partition coefficient (Wildman–Crippen LogP) is 3.34. The molecule has 1 aliphatic carbocycles. The van der Waals surface area contributed by atoms with Crippen LogP contribution in [0.1, 0.15) is 24.3 Å². The van der Waals surface area contributed by atoms with Gasteiger partial charge in [0.15, 0.2) is 0 Å². The number of amides is 1. The molecule has 0 aliphatic heterocycles. The number of hydrogen-bond acceptors (Lipinski definition) is 3. The molecule has 1 aromatic heterocycles. The number of aryl methyl sites for hydroxylation is 1. The molecule has 3 nitrogen and oxygen atoms in total. The van der Waals surface area contributed by atoms with Crippen LogP contribution in [0.3, 0.4) is 0 Å². The summed E-state index contributed by atoms with van der Waals surface area (Å²) in [5, 5.41) is 4.03. The minimum atomic E-state index is 0.155. The van der Waals surface area contributed by atoms with E-state index < -0.39 is 0 Å². The van der Waals surface area contributed by atoms with Crippen LogP contribution in [-0.4, -0.2) is 10.9 Å². The number of nitrogens with zero attached hydrogens (tertiary/aromatic N) is 1. The fraction of sp³-hybridized carbons (Fsp3) is 0.385. The number of carbonyl (C=O) groups excluding carboxylic acids is 1. The molecule has 3 rings (SSSR count). The normalized spacial score (nSPS) is 15.8. The van der Waals surface area contributed by atoms with E-state index in [0.717, 1.165) is 29.1 Å². The Morgan fingerprint density at radius 1 is 1.47 bits per heavy atom. The monoisotopic (exact) mass is 246 g/mol. The molecular formula is C13H14N2OS. The van der Waals surface area contributed by atoms with Crippen molar-refractivity contribution in [1.82, 2.24) is 4.98 Å². The van der Waals surface area contributed by atoms with Gasteiger partial charge in [-0.15, -0.1) is 11.3 Å². The van der Waals surface area contributed by atoms with Crippen LogP contribution >= 0.6 is 11.3 Å². The number of fused-ring (bicyclic) bond motifs is 1. The van der Waals surface area contributed by atoms with E-state index in [9.17, 15) is 4.79 Å². The fourth-order valence-corrected chi connectivity index (χ4v) is 2.84. The summed E-state index contributed by atoms with van der Waals surface area (Å²) in [5.41, 5.74) is 1.83. The summed E-state index contributed by atoms with van der Waals surface area (Å²) in [7, 11) is 0. The van der Waals surface area contributed by atoms with E-state index in [4.69, 9.17) is 0 Å². The molecule has 0 bridgehead atoms. The number of nitrogens with one attached hydrogen (secondary N) is 1. The van der Waals surface area contributed by atoms with Gasteiger partial charge >= 0.3 is 0 Å². The molecule has 0 unspecified atom stereocenters. The molecule has 1 saturated carbocycles. The molecule has 1 heterocycles. The van der Waals surface area contributed by atoms with Gasteiger partial charge in [-0.1, -0.05) is 6.42 Å². The first kappa shape index (κ1) is 10.7. The van der Waals surface area contributed by atoms with Gasteiger partial charge in [-0.05, 0) is 38.0 Å². The molecular weight excluding hydrogens is 232 g/mol. The molecule has 1 fully saturated rings. The van der Waals surface area contributed by atoms with Gasteiger partial charge in [-0.25, -0.2) is 4.98 Å². The van der Waals surface area contributed by atoms with Crippen LogP contribution in [0, 0.1) is 12.8 Å². The molecule has 2 aromatic rings. The number of anilines is 1. The van der Waals surface area contributed by atoms with E-state index in [-0.39, 0.29) is 11.8 Å². The van der Waals surface area contributed by atoms with Gasteiger partial charge in [0.2, 0.25) is 5.91 Å². The standard InChI is InChI=1S/C13H14N2OS/c1-8-14-11-7-10(5-6-12(11)17-8)15-13(16)9-3-2-4-9/h5-7,9H,2-4H2,1H3,(H,15,16). The first-order valence-electron chi connectivity index (χ1n) is 5.90. The molecule has 17 heavy (non-hydrogen) atoms. The largest absolute Gasteiger partial charge is 0.326 e. The van der Waals surface area contributed by atoms with Crippen molar-refractivity contribution in [3.63, 3.8) is 0 Å². The Morgan fingerprint density at radius 3 is 3.00 bits per heavy atom. The highest BCUT2D eigenvalue weighted by Gasteiger charge is 2.25. The van der Waals surface area contributed by atoms with Gasteiger partial charge in [0.05, 0.1) is 15.2 Å². The first-order valence-corrected chi connectivity index (χ1v) is 6.72. The van der Waals surface area contributed by atoms with Crippen LogP contribution in [-0.2, 0) is 4.79 Å². The maximum atomic E-state index is 11.8. The summed E-state index contributed by atoms with van der Waals surface area (Å²) in [6.45, 7) is 2.00. The lowest BCUT2D eigenvalue weighted by atomic mass is 9.85. The van der Waals surface area contributed by atoms with Crippen molar-refractivity contribution in [2.45, 2.75) is 26.2 Å². The van der Waals surface area contributed by atoms with Crippen LogP contribution in [0.5, 0.6) is 0 Å². The quantitative estimate of drug-likeness (QED) is 0.883. The van der Waals surface area contributed by atoms with Crippen LogP contribution in [0.2, 0.25) is 0 Å². The van der Waals surface area contributed by atoms with Crippen molar-refractivity contribution in [3.05, 3.63) is 23.2 Å². The van der Waals surface area contributed by atoms with Gasteiger partial charge in [-0.3, -0.25) is 4.79 Å². The lowest BCUT2D eigenvalue weighted by molar-refractivity contribution is -0.122. The molecule has 1 N–H and O–H groups in total. The highest BCUT2D eigenvalue weighted by molar-refractivity contribution is 7.18. The first-order chi connectivity index (χ1) is 8.22. The molecule has 1 amide bonds. The molecule has 88 valence electrons. The minimum absolute atomic E-state index is 0.155. The Labute approximate surface area is 104 Å². The number of rotatable bonds is 2. The van der Waals surface area contributed by atoms with Crippen molar-refractivity contribution in [2.24, 2.45) is 5.92 Å². The number of hydrogen-bond donors (Lipinski definition) is 1. The van der Waals surface area contributed by atoms with Crippen molar-refractivity contribution in [1.29, 1.82) is 0 Å². The minimum Gasteiger partial charge on any atom is -0.326 e. The Balaban J connectivity index is 1.82. The average Bonchev–Trinajstić information content (AvgIpc) is 2.54. The Morgan fingerprint density at radius 2 is 2.29 bits per heavy atom. The summed E-state index contributed by atoms with van der Waals surface area (Å²) in [5.74, 6) is 0.380. The van der Waals surface area contributed by atoms with Crippen LogP contribution in [0.25, 0.3) is 10.2 Å². The Hall–Kier alpha value is -1.42. The fourth-order valence-electron chi connectivity index (χ4n) is 2.04. The van der Waals surface area contributed by atoms with Gasteiger partial charge in [0.1, 0.15) is 0 Å². The predicted molar refractivity (Wildman–Crippen MR) is 70.3 cm³/mol. The van der Waals surface area contributed by atoms with Gasteiger partial charge < -0.3 is 5.32 Å². The lowest BCUT2D eigenvalue weighted by Crippen LogP contribution is -2.27. The third-order valence-corrected chi connectivity index (χ3v) is 4.19. The molecule has 4 heteroatoms. The second-order valence-electron chi connectivity index (χ2n) is 4.53. The van der Waals surface area contributed by atoms with Crippen molar-refractivity contribution >= 4 is 33.1 Å². The summed E-state index contributed by atoms with van der Waals surface area (Å²) in [6.07, 6.45) is 3.25. The number of thiazole rings is 1. The maximum absolute atomic E-state index is 11.8. The van der Waals surface area contributed by atoms with Crippen molar-refractivity contribution in [2.75, 3.05) is 5.32 Å². The average molecular weight is 246 g/mol. The zero-order valence-electron chi connectivity index (χ0n) is 9.69. The molecule has 0 spiro atoms. The third-order valence-electron chi connectivity index (χ3n) is 3.24. The topological polar surface area (TPSA) is 42.0 Å². The molecule has 0 saturated heterocycles. The van der Waals surface area contributed by atoms with Gasteiger partial charge in [0.25, 0.3) is 0 Å². The van der Waals surface area contributed by atoms with E-state index in [1.54, 1.807) is 11.3 Å². The second kappa shape index (κ2) is 4.11. The summed E-state index contributed by atoms with van der Waals surface area (Å²) >= 11 is 1.68. The number of carbonyl (C=O) groups is 1. The number of aromatic nitrogens is 1. The number of benzene rings is 1. The maximum Gasteiger partial charge on any atom is 0.227 e. The zero-order valence-corrected chi connectivity index (χ0v) is 10.5. The second-order valence-corrected chi connectivity index (χ2v) is 5.77. The van der Waals surface area contributed by atoms with E-state index in [2.05, 4.69) is 10.3 Å². The zero-order chi connectivity index (χ0) is 11.8. The van der Waals surface area contributed by atoms with E-state index in [1.807, 2.05) is 25.1 Å².